The smallest absolute Gasteiger partial charge is 0.146 e. The first-order valence-corrected chi connectivity index (χ1v) is 10.6. The molecule has 2 atom stereocenters. The molecule has 0 aliphatic carbocycles. The van der Waals surface area contributed by atoms with Crippen LogP contribution >= 0.6 is 0 Å². The van der Waals surface area contributed by atoms with Crippen LogP contribution in [0, 0.1) is 11.7 Å². The molecule has 0 aromatic heterocycles. The second-order valence-electron chi connectivity index (χ2n) is 8.10. The Balaban J connectivity index is 1.94. The first kappa shape index (κ1) is 20.6. The summed E-state index contributed by atoms with van der Waals surface area (Å²) in [6, 6.07) is 5.25. The Labute approximate surface area is 163 Å². The Bertz CT molecular complexity index is 586. The fraction of sp³-hybridized carbons (Fsp3) is 0.727. The van der Waals surface area contributed by atoms with E-state index in [4.69, 9.17) is 4.74 Å². The molecule has 2 fully saturated rings. The lowest BCUT2D eigenvalue weighted by atomic mass is 9.73. The van der Waals surface area contributed by atoms with Gasteiger partial charge in [-0.15, -0.1) is 0 Å². The first-order chi connectivity index (χ1) is 13.2. The lowest BCUT2D eigenvalue weighted by Gasteiger charge is -2.42. The molecule has 5 heteroatoms. The summed E-state index contributed by atoms with van der Waals surface area (Å²) < 4.78 is 20.2. The van der Waals surface area contributed by atoms with Crippen LogP contribution in [0.5, 0.6) is 0 Å². The lowest BCUT2D eigenvalue weighted by molar-refractivity contribution is -0.0432. The Morgan fingerprint density at radius 2 is 2.04 bits per heavy atom. The van der Waals surface area contributed by atoms with Gasteiger partial charge in [0.25, 0.3) is 0 Å². The number of piperidine rings is 2. The van der Waals surface area contributed by atoms with E-state index < -0.39 is 5.60 Å². The third-order valence-corrected chi connectivity index (χ3v) is 6.25. The Morgan fingerprint density at radius 3 is 2.74 bits per heavy atom. The van der Waals surface area contributed by atoms with Crippen LogP contribution in [-0.2, 0) is 10.3 Å². The maximum atomic E-state index is 15.0. The van der Waals surface area contributed by atoms with E-state index >= 15 is 0 Å². The fourth-order valence-corrected chi connectivity index (χ4v) is 4.76. The van der Waals surface area contributed by atoms with Crippen molar-refractivity contribution in [2.24, 2.45) is 5.92 Å². The fourth-order valence-electron chi connectivity index (χ4n) is 4.76. The average Bonchev–Trinajstić information content (AvgIpc) is 2.72. The van der Waals surface area contributed by atoms with E-state index in [9.17, 15) is 9.50 Å². The third kappa shape index (κ3) is 4.82. The van der Waals surface area contributed by atoms with Crippen molar-refractivity contribution in [3.8, 4) is 0 Å². The van der Waals surface area contributed by atoms with Crippen molar-refractivity contribution in [1.82, 2.24) is 5.32 Å². The van der Waals surface area contributed by atoms with Crippen LogP contribution < -0.4 is 10.2 Å². The van der Waals surface area contributed by atoms with Crippen LogP contribution in [-0.4, -0.2) is 45.0 Å². The van der Waals surface area contributed by atoms with Gasteiger partial charge in [0.1, 0.15) is 5.82 Å². The molecule has 0 unspecified atom stereocenters. The lowest BCUT2D eigenvalue weighted by Crippen LogP contribution is -2.45. The highest BCUT2D eigenvalue weighted by Gasteiger charge is 2.41. The number of halogens is 1. The largest absolute Gasteiger partial charge is 0.385 e. The van der Waals surface area contributed by atoms with Crippen molar-refractivity contribution in [1.29, 1.82) is 0 Å². The zero-order valence-electron chi connectivity index (χ0n) is 16.7. The molecule has 0 radical (unpaired) electrons. The number of benzene rings is 1. The minimum absolute atomic E-state index is 0.110. The maximum Gasteiger partial charge on any atom is 0.146 e. The molecule has 2 heterocycles. The first-order valence-electron chi connectivity index (χ1n) is 10.6. The quantitative estimate of drug-likeness (QED) is 0.675. The Hall–Kier alpha value is -1.17. The van der Waals surface area contributed by atoms with Gasteiger partial charge in [-0.3, -0.25) is 0 Å². The number of hydrogen-bond acceptors (Lipinski definition) is 4. The van der Waals surface area contributed by atoms with Gasteiger partial charge in [0, 0.05) is 44.8 Å². The molecule has 0 spiro atoms. The summed E-state index contributed by atoms with van der Waals surface area (Å²) in [5, 5.41) is 15.4. The highest BCUT2D eigenvalue weighted by Crippen LogP contribution is 2.43. The van der Waals surface area contributed by atoms with Gasteiger partial charge in [-0.1, -0.05) is 12.1 Å². The van der Waals surface area contributed by atoms with Crippen molar-refractivity contribution in [2.75, 3.05) is 44.8 Å². The highest BCUT2D eigenvalue weighted by atomic mass is 19.1. The van der Waals surface area contributed by atoms with E-state index in [0.717, 1.165) is 70.3 Å². The Kier molecular flexibility index (Phi) is 7.50. The molecule has 0 bridgehead atoms. The molecule has 3 rings (SSSR count). The van der Waals surface area contributed by atoms with E-state index in [1.807, 2.05) is 6.07 Å². The zero-order valence-corrected chi connectivity index (χ0v) is 16.7. The van der Waals surface area contributed by atoms with Gasteiger partial charge in [0.15, 0.2) is 0 Å². The van der Waals surface area contributed by atoms with E-state index in [1.54, 1.807) is 13.2 Å². The second-order valence-corrected chi connectivity index (χ2v) is 8.10. The summed E-state index contributed by atoms with van der Waals surface area (Å²) in [6.45, 7) is 4.23. The van der Waals surface area contributed by atoms with Crippen LogP contribution in [0.4, 0.5) is 10.1 Å². The van der Waals surface area contributed by atoms with Gasteiger partial charge in [0.2, 0.25) is 0 Å². The van der Waals surface area contributed by atoms with E-state index in [1.165, 1.54) is 12.5 Å². The monoisotopic (exact) mass is 378 g/mol. The number of hydrogen-bond donors (Lipinski definition) is 2. The molecule has 1 aromatic carbocycles. The molecular formula is C22H35FN2O2. The van der Waals surface area contributed by atoms with Gasteiger partial charge < -0.3 is 20.1 Å². The summed E-state index contributed by atoms with van der Waals surface area (Å²) in [6.07, 6.45) is 7.84. The normalized spacial score (nSPS) is 23.2. The number of methoxy groups -OCH3 is 1. The number of para-hydroxylation sites is 1. The number of anilines is 1. The molecule has 2 aliphatic heterocycles. The van der Waals surface area contributed by atoms with Crippen molar-refractivity contribution >= 4 is 5.69 Å². The number of nitrogens with zero attached hydrogens (tertiary/aromatic N) is 1. The molecular weight excluding hydrogens is 343 g/mol. The summed E-state index contributed by atoms with van der Waals surface area (Å²) >= 11 is 0. The number of aliphatic hydroxyl groups is 1. The summed E-state index contributed by atoms with van der Waals surface area (Å²) in [4.78, 5) is 2.16. The Morgan fingerprint density at radius 1 is 1.22 bits per heavy atom. The average molecular weight is 379 g/mol. The highest BCUT2D eigenvalue weighted by molar-refractivity contribution is 5.58. The second kappa shape index (κ2) is 9.85. The molecule has 2 N–H and O–H groups in total. The molecule has 152 valence electrons. The van der Waals surface area contributed by atoms with Crippen molar-refractivity contribution in [3.05, 3.63) is 29.6 Å². The van der Waals surface area contributed by atoms with Crippen molar-refractivity contribution in [2.45, 2.75) is 57.0 Å². The standard InChI is InChI=1S/C22H35FN2O2/c1-27-16-6-3-12-22(26,18-9-8-13-24-17-18)19-10-7-11-20(23)21(19)25-14-4-2-5-15-25/h7,10-11,18,24,26H,2-6,8-9,12-17H2,1H3/t18-,22+/m1/s1. The minimum atomic E-state index is -1.00. The summed E-state index contributed by atoms with van der Waals surface area (Å²) in [5.74, 6) is -0.0902. The van der Waals surface area contributed by atoms with Crippen molar-refractivity contribution in [3.63, 3.8) is 0 Å². The van der Waals surface area contributed by atoms with Crippen molar-refractivity contribution < 1.29 is 14.2 Å². The number of ether oxygens (including phenoxy) is 1. The molecule has 0 saturated carbocycles. The molecule has 1 aromatic rings. The van der Waals surface area contributed by atoms with Crippen LogP contribution in [0.1, 0.15) is 56.9 Å². The topological polar surface area (TPSA) is 44.7 Å². The van der Waals surface area contributed by atoms with E-state index in [0.29, 0.717) is 18.7 Å². The molecule has 4 nitrogen and oxygen atoms in total. The summed E-state index contributed by atoms with van der Waals surface area (Å²) in [7, 11) is 1.71. The SMILES string of the molecule is COCCCC[C@@](O)(c1cccc(F)c1N1CCCCC1)[C@@H]1CCCNC1. The van der Waals surface area contributed by atoms with Gasteiger partial charge in [-0.25, -0.2) is 4.39 Å². The van der Waals surface area contributed by atoms with Crippen LogP contribution in [0.2, 0.25) is 0 Å². The van der Waals surface area contributed by atoms with Gasteiger partial charge in [0.05, 0.1) is 11.3 Å². The van der Waals surface area contributed by atoms with E-state index in [-0.39, 0.29) is 11.7 Å². The molecule has 2 aliphatic rings. The molecule has 2 saturated heterocycles. The zero-order chi connectivity index (χ0) is 19.1. The van der Waals surface area contributed by atoms with Crippen LogP contribution in [0.3, 0.4) is 0 Å². The number of rotatable bonds is 8. The number of nitrogens with one attached hydrogen (secondary N) is 1. The van der Waals surface area contributed by atoms with E-state index in [2.05, 4.69) is 10.2 Å². The molecule has 0 amide bonds. The predicted molar refractivity (Wildman–Crippen MR) is 108 cm³/mol. The van der Waals surface area contributed by atoms with Gasteiger partial charge >= 0.3 is 0 Å². The van der Waals surface area contributed by atoms with Gasteiger partial charge in [-0.05, 0) is 64.0 Å². The maximum absolute atomic E-state index is 15.0. The minimum Gasteiger partial charge on any atom is -0.385 e. The number of unbranched alkanes of at least 4 members (excludes halogenated alkanes) is 1. The summed E-state index contributed by atoms with van der Waals surface area (Å²) in [5.41, 5.74) is 0.420. The molecule has 27 heavy (non-hydrogen) atoms. The predicted octanol–water partition coefficient (Wildman–Crippen LogP) is 3.82. The van der Waals surface area contributed by atoms with Crippen LogP contribution in [0.25, 0.3) is 0 Å². The van der Waals surface area contributed by atoms with Gasteiger partial charge in [-0.2, -0.15) is 0 Å². The third-order valence-electron chi connectivity index (χ3n) is 6.25. The van der Waals surface area contributed by atoms with Crippen LogP contribution in [0.15, 0.2) is 18.2 Å².